The lowest BCUT2D eigenvalue weighted by atomic mass is 10.1. The Bertz CT molecular complexity index is 1150. The maximum absolute atomic E-state index is 12.9. The molecule has 0 saturated heterocycles. The smallest absolute Gasteiger partial charge is 0.272 e. The van der Waals surface area contributed by atoms with Crippen molar-refractivity contribution in [3.05, 3.63) is 86.1 Å². The zero-order chi connectivity index (χ0) is 22.0. The zero-order valence-corrected chi connectivity index (χ0v) is 18.7. The lowest BCUT2D eigenvalue weighted by Crippen LogP contribution is -2.39. The fraction of sp³-hybridized carbons (Fsp3) is 0.227. The molecule has 4 rings (SSSR count). The summed E-state index contributed by atoms with van der Waals surface area (Å²) in [6, 6.07) is 14.2. The van der Waals surface area contributed by atoms with Crippen LogP contribution in [0.4, 0.5) is 0 Å². The highest BCUT2D eigenvalue weighted by Crippen LogP contribution is 2.21. The quantitative estimate of drug-likeness (QED) is 0.569. The third-order valence-corrected chi connectivity index (χ3v) is 5.88. The van der Waals surface area contributed by atoms with Crippen LogP contribution in [0, 0.1) is 0 Å². The number of nitrogens with one attached hydrogen (secondary N) is 1. The lowest BCUT2D eigenvalue weighted by Gasteiger charge is -2.27. The van der Waals surface area contributed by atoms with E-state index >= 15 is 0 Å². The van der Waals surface area contributed by atoms with Gasteiger partial charge in [-0.25, -0.2) is 0 Å². The minimum atomic E-state index is -0.332. The van der Waals surface area contributed by atoms with Gasteiger partial charge in [0.2, 0.25) is 0 Å². The van der Waals surface area contributed by atoms with Gasteiger partial charge in [-0.1, -0.05) is 53.0 Å². The third-order valence-electron chi connectivity index (χ3n) is 5.06. The van der Waals surface area contributed by atoms with Crippen molar-refractivity contribution in [3.8, 4) is 0 Å². The van der Waals surface area contributed by atoms with Crippen LogP contribution in [0.25, 0.3) is 0 Å². The van der Waals surface area contributed by atoms with Crippen LogP contribution >= 0.6 is 34.8 Å². The Morgan fingerprint density at radius 1 is 1.03 bits per heavy atom. The molecule has 31 heavy (non-hydrogen) atoms. The number of carbonyl (C=O) groups is 2. The van der Waals surface area contributed by atoms with Crippen molar-refractivity contribution in [3.63, 3.8) is 0 Å². The molecule has 160 valence electrons. The van der Waals surface area contributed by atoms with Crippen LogP contribution in [0.15, 0.2) is 48.5 Å². The van der Waals surface area contributed by atoms with E-state index in [1.54, 1.807) is 27.8 Å². The molecule has 0 bridgehead atoms. The SMILES string of the molecule is O=C(NCCc1ccc(Cl)cc1Cl)c1cc2n(n1)CCN(Cc1cccc(Cl)c1)C2=O. The predicted octanol–water partition coefficient (Wildman–Crippen LogP) is 4.47. The average Bonchev–Trinajstić information content (AvgIpc) is 3.17. The van der Waals surface area contributed by atoms with Gasteiger partial charge in [-0.2, -0.15) is 5.10 Å². The van der Waals surface area contributed by atoms with Gasteiger partial charge in [0.15, 0.2) is 5.69 Å². The van der Waals surface area contributed by atoms with Crippen LogP contribution in [-0.4, -0.2) is 39.6 Å². The van der Waals surface area contributed by atoms with E-state index in [1.165, 1.54) is 6.07 Å². The normalized spacial score (nSPS) is 13.3. The molecule has 3 aromatic rings. The minimum Gasteiger partial charge on any atom is -0.350 e. The topological polar surface area (TPSA) is 67.2 Å². The first kappa shape index (κ1) is 21.7. The highest BCUT2D eigenvalue weighted by molar-refractivity contribution is 6.35. The number of halogens is 3. The molecular weight excluding hydrogens is 459 g/mol. The van der Waals surface area contributed by atoms with Gasteiger partial charge in [0.05, 0.1) is 6.54 Å². The van der Waals surface area contributed by atoms with Crippen LogP contribution in [0.2, 0.25) is 15.1 Å². The molecule has 9 heteroatoms. The van der Waals surface area contributed by atoms with Gasteiger partial charge >= 0.3 is 0 Å². The van der Waals surface area contributed by atoms with Crippen molar-refractivity contribution in [2.75, 3.05) is 13.1 Å². The Morgan fingerprint density at radius 2 is 1.84 bits per heavy atom. The number of hydrogen-bond donors (Lipinski definition) is 1. The molecule has 2 amide bonds. The van der Waals surface area contributed by atoms with E-state index < -0.39 is 0 Å². The largest absolute Gasteiger partial charge is 0.350 e. The summed E-state index contributed by atoms with van der Waals surface area (Å²) in [5, 5.41) is 8.88. The molecule has 2 heterocycles. The second kappa shape index (κ2) is 9.30. The lowest BCUT2D eigenvalue weighted by molar-refractivity contribution is 0.0683. The van der Waals surface area contributed by atoms with E-state index in [2.05, 4.69) is 10.4 Å². The van der Waals surface area contributed by atoms with Crippen molar-refractivity contribution < 1.29 is 9.59 Å². The van der Waals surface area contributed by atoms with Gasteiger partial charge in [0.25, 0.3) is 11.8 Å². The van der Waals surface area contributed by atoms with Gasteiger partial charge in [0, 0.05) is 40.8 Å². The summed E-state index contributed by atoms with van der Waals surface area (Å²) < 4.78 is 1.59. The molecule has 0 unspecified atom stereocenters. The molecule has 1 N–H and O–H groups in total. The molecule has 0 spiro atoms. The molecule has 2 aromatic carbocycles. The summed E-state index contributed by atoms with van der Waals surface area (Å²) in [5.41, 5.74) is 2.46. The maximum atomic E-state index is 12.9. The van der Waals surface area contributed by atoms with Gasteiger partial charge < -0.3 is 10.2 Å². The number of benzene rings is 2. The van der Waals surface area contributed by atoms with Crippen LogP contribution in [0.3, 0.4) is 0 Å². The molecule has 1 aliphatic heterocycles. The minimum absolute atomic E-state index is 0.161. The highest BCUT2D eigenvalue weighted by Gasteiger charge is 2.28. The fourth-order valence-electron chi connectivity index (χ4n) is 3.48. The standard InChI is InChI=1S/C22H19Cl3N4O2/c23-16-3-1-2-14(10-16)13-28-8-9-29-20(22(28)31)12-19(27-29)21(30)26-7-6-15-4-5-17(24)11-18(15)25/h1-5,10-12H,6-9,13H2,(H,26,30). The summed E-state index contributed by atoms with van der Waals surface area (Å²) in [6.07, 6.45) is 0.557. The average molecular weight is 478 g/mol. The van der Waals surface area contributed by atoms with Crippen LogP contribution in [-0.2, 0) is 19.5 Å². The van der Waals surface area contributed by atoms with E-state index in [-0.39, 0.29) is 17.5 Å². The summed E-state index contributed by atoms with van der Waals surface area (Å²) in [4.78, 5) is 27.1. The Morgan fingerprint density at radius 3 is 2.61 bits per heavy atom. The van der Waals surface area contributed by atoms with Crippen molar-refractivity contribution in [2.45, 2.75) is 19.5 Å². The fourth-order valence-corrected chi connectivity index (χ4v) is 4.20. The number of fused-ring (bicyclic) bond motifs is 1. The summed E-state index contributed by atoms with van der Waals surface area (Å²) in [7, 11) is 0. The van der Waals surface area contributed by atoms with Gasteiger partial charge in [0.1, 0.15) is 5.69 Å². The van der Waals surface area contributed by atoms with Crippen LogP contribution in [0.1, 0.15) is 32.1 Å². The van der Waals surface area contributed by atoms with E-state index in [1.807, 2.05) is 24.3 Å². The predicted molar refractivity (Wildman–Crippen MR) is 121 cm³/mol. The second-order valence-corrected chi connectivity index (χ2v) is 8.52. The summed E-state index contributed by atoms with van der Waals surface area (Å²) >= 11 is 18.1. The van der Waals surface area contributed by atoms with Crippen LogP contribution < -0.4 is 5.32 Å². The number of hydrogen-bond acceptors (Lipinski definition) is 3. The molecule has 0 atom stereocenters. The number of rotatable bonds is 6. The first-order valence-electron chi connectivity index (χ1n) is 9.74. The molecule has 0 saturated carbocycles. The first-order valence-corrected chi connectivity index (χ1v) is 10.9. The Hall–Kier alpha value is -2.54. The maximum Gasteiger partial charge on any atom is 0.272 e. The molecule has 1 aliphatic rings. The Kier molecular flexibility index (Phi) is 6.51. The number of carbonyl (C=O) groups excluding carboxylic acids is 2. The molecule has 1 aromatic heterocycles. The second-order valence-electron chi connectivity index (χ2n) is 7.24. The van der Waals surface area contributed by atoms with Gasteiger partial charge in [-0.05, 0) is 41.8 Å². The van der Waals surface area contributed by atoms with E-state index in [0.717, 1.165) is 11.1 Å². The number of nitrogens with zero attached hydrogens (tertiary/aromatic N) is 3. The van der Waals surface area contributed by atoms with Gasteiger partial charge in [-0.3, -0.25) is 14.3 Å². The van der Waals surface area contributed by atoms with E-state index in [4.69, 9.17) is 34.8 Å². The molecular formula is C22H19Cl3N4O2. The van der Waals surface area contributed by atoms with Gasteiger partial charge in [-0.15, -0.1) is 0 Å². The van der Waals surface area contributed by atoms with E-state index in [0.29, 0.717) is 53.4 Å². The monoisotopic (exact) mass is 476 g/mol. The van der Waals surface area contributed by atoms with Crippen molar-refractivity contribution in [2.24, 2.45) is 0 Å². The summed E-state index contributed by atoms with van der Waals surface area (Å²) in [6.45, 7) is 1.87. The first-order chi connectivity index (χ1) is 14.9. The van der Waals surface area contributed by atoms with Crippen molar-refractivity contribution in [1.29, 1.82) is 0 Å². The summed E-state index contributed by atoms with van der Waals surface area (Å²) in [5.74, 6) is -0.494. The highest BCUT2D eigenvalue weighted by atomic mass is 35.5. The Balaban J connectivity index is 1.38. The zero-order valence-electron chi connectivity index (χ0n) is 16.4. The molecule has 6 nitrogen and oxygen atoms in total. The number of amides is 2. The van der Waals surface area contributed by atoms with E-state index in [9.17, 15) is 9.59 Å². The molecule has 0 radical (unpaired) electrons. The molecule has 0 aliphatic carbocycles. The number of aromatic nitrogens is 2. The van der Waals surface area contributed by atoms with Crippen molar-refractivity contribution in [1.82, 2.24) is 20.0 Å². The van der Waals surface area contributed by atoms with Crippen molar-refractivity contribution >= 4 is 46.6 Å². The van der Waals surface area contributed by atoms with Crippen LogP contribution in [0.5, 0.6) is 0 Å². The Labute approximate surface area is 194 Å². The molecule has 0 fully saturated rings. The third kappa shape index (κ3) is 5.03.